The summed E-state index contributed by atoms with van der Waals surface area (Å²) >= 11 is 0. The van der Waals surface area contributed by atoms with E-state index in [-0.39, 0.29) is 0 Å². The summed E-state index contributed by atoms with van der Waals surface area (Å²) in [6, 6.07) is 1.76. The first-order chi connectivity index (χ1) is 6.36. The molecule has 0 atom stereocenters. The molecule has 1 aromatic rings. The van der Waals surface area contributed by atoms with Crippen LogP contribution >= 0.6 is 0 Å². The molecular weight excluding hydrogens is 214 g/mol. The molecule has 6 heteroatoms. The molecule has 0 unspecified atom stereocenters. The summed E-state index contributed by atoms with van der Waals surface area (Å²) in [6.07, 6.45) is 0.375. The zero-order valence-electron chi connectivity index (χ0n) is 7.29. The summed E-state index contributed by atoms with van der Waals surface area (Å²) in [7, 11) is -4.84. The summed E-state index contributed by atoms with van der Waals surface area (Å²) < 4.78 is 55.6. The Balaban J connectivity index is 3.48. The van der Waals surface area contributed by atoms with Gasteiger partial charge >= 0.3 is 0 Å². The van der Waals surface area contributed by atoms with Crippen LogP contribution in [-0.2, 0) is 16.5 Å². The minimum Gasteiger partial charge on any atom is -0.282 e. The van der Waals surface area contributed by atoms with Gasteiger partial charge in [-0.15, -0.1) is 0 Å². The zero-order valence-corrected chi connectivity index (χ0v) is 8.11. The highest BCUT2D eigenvalue weighted by molar-refractivity contribution is 7.85. The van der Waals surface area contributed by atoms with Crippen molar-refractivity contribution in [2.45, 2.75) is 18.2 Å². The van der Waals surface area contributed by atoms with Crippen LogP contribution in [0.15, 0.2) is 17.0 Å². The number of halogens is 2. The van der Waals surface area contributed by atoms with E-state index in [9.17, 15) is 17.2 Å². The van der Waals surface area contributed by atoms with Gasteiger partial charge in [0.2, 0.25) is 0 Å². The van der Waals surface area contributed by atoms with Gasteiger partial charge in [-0.25, -0.2) is 8.78 Å². The standard InChI is InChI=1S/C8H8F2O3S/c1-2-5-3-6(9)8(7(10)4-5)14(11,12)13/h3-4H,2H2,1H3,(H,11,12,13). The summed E-state index contributed by atoms with van der Waals surface area (Å²) in [5.74, 6) is -2.55. The summed E-state index contributed by atoms with van der Waals surface area (Å²) in [4.78, 5) is -1.30. The van der Waals surface area contributed by atoms with Crippen LogP contribution in [0.5, 0.6) is 0 Å². The van der Waals surface area contributed by atoms with Crippen molar-refractivity contribution in [2.24, 2.45) is 0 Å². The first-order valence-electron chi connectivity index (χ1n) is 3.81. The van der Waals surface area contributed by atoms with Crippen LogP contribution in [0.1, 0.15) is 12.5 Å². The Morgan fingerprint density at radius 3 is 2.00 bits per heavy atom. The van der Waals surface area contributed by atoms with Crippen molar-refractivity contribution in [3.63, 3.8) is 0 Å². The van der Waals surface area contributed by atoms with Crippen LogP contribution < -0.4 is 0 Å². The lowest BCUT2D eigenvalue weighted by Gasteiger charge is -2.03. The van der Waals surface area contributed by atoms with Gasteiger partial charge in [0.25, 0.3) is 10.1 Å². The molecule has 0 spiro atoms. The van der Waals surface area contributed by atoms with E-state index in [1.54, 1.807) is 6.92 Å². The average Bonchev–Trinajstić information content (AvgIpc) is 1.99. The van der Waals surface area contributed by atoms with Gasteiger partial charge in [-0.2, -0.15) is 8.42 Å². The Kier molecular flexibility index (Phi) is 2.86. The Labute approximate surface area is 80.1 Å². The molecule has 78 valence electrons. The molecule has 0 bridgehead atoms. The lowest BCUT2D eigenvalue weighted by molar-refractivity contribution is 0.456. The normalized spacial score (nSPS) is 11.7. The number of benzene rings is 1. The minimum atomic E-state index is -4.84. The van der Waals surface area contributed by atoms with Gasteiger partial charge in [0.05, 0.1) is 0 Å². The molecule has 3 nitrogen and oxygen atoms in total. The Bertz CT molecular complexity index is 431. The second kappa shape index (κ2) is 3.62. The molecule has 1 N–H and O–H groups in total. The van der Waals surface area contributed by atoms with Crippen LogP contribution in [0, 0.1) is 11.6 Å². The molecule has 1 rings (SSSR count). The third-order valence-electron chi connectivity index (χ3n) is 1.72. The highest BCUT2D eigenvalue weighted by atomic mass is 32.2. The molecule has 0 amide bonds. The summed E-state index contributed by atoms with van der Waals surface area (Å²) in [5.41, 5.74) is 0.326. The topological polar surface area (TPSA) is 54.4 Å². The largest absolute Gasteiger partial charge is 0.300 e. The van der Waals surface area contributed by atoms with Crippen LogP contribution in [0.3, 0.4) is 0 Å². The van der Waals surface area contributed by atoms with Crippen molar-refractivity contribution < 1.29 is 21.8 Å². The first-order valence-corrected chi connectivity index (χ1v) is 5.25. The maximum atomic E-state index is 13.0. The lowest BCUT2D eigenvalue weighted by atomic mass is 10.2. The van der Waals surface area contributed by atoms with E-state index in [1.807, 2.05) is 0 Å². The highest BCUT2D eigenvalue weighted by Gasteiger charge is 2.22. The third-order valence-corrected chi connectivity index (χ3v) is 2.63. The van der Waals surface area contributed by atoms with Crippen LogP contribution in [-0.4, -0.2) is 13.0 Å². The average molecular weight is 222 g/mol. The molecule has 0 aliphatic carbocycles. The summed E-state index contributed by atoms with van der Waals surface area (Å²) in [5, 5.41) is 0. The SMILES string of the molecule is CCc1cc(F)c(S(=O)(=O)O)c(F)c1. The maximum Gasteiger partial charge on any atom is 0.300 e. The van der Waals surface area contributed by atoms with Gasteiger partial charge in [0.1, 0.15) is 11.6 Å². The molecule has 0 radical (unpaired) electrons. The molecule has 0 fully saturated rings. The van der Waals surface area contributed by atoms with Gasteiger partial charge in [-0.05, 0) is 24.1 Å². The van der Waals surface area contributed by atoms with Crippen molar-refractivity contribution >= 4 is 10.1 Å². The minimum absolute atomic E-state index is 0.326. The molecule has 0 saturated heterocycles. The van der Waals surface area contributed by atoms with Gasteiger partial charge in [-0.1, -0.05) is 6.92 Å². The fourth-order valence-corrected chi connectivity index (χ4v) is 1.67. The molecule has 0 aliphatic heterocycles. The quantitative estimate of drug-likeness (QED) is 0.776. The van der Waals surface area contributed by atoms with E-state index in [2.05, 4.69) is 0 Å². The fraction of sp³-hybridized carbons (Fsp3) is 0.250. The van der Waals surface area contributed by atoms with E-state index in [1.165, 1.54) is 0 Å². The smallest absolute Gasteiger partial charge is 0.282 e. The zero-order chi connectivity index (χ0) is 10.9. The second-order valence-electron chi connectivity index (χ2n) is 2.72. The van der Waals surface area contributed by atoms with Gasteiger partial charge < -0.3 is 0 Å². The van der Waals surface area contributed by atoms with Gasteiger partial charge in [0, 0.05) is 0 Å². The fourth-order valence-electron chi connectivity index (χ4n) is 1.06. The monoisotopic (exact) mass is 222 g/mol. The summed E-state index contributed by atoms with van der Waals surface area (Å²) in [6.45, 7) is 1.67. The maximum absolute atomic E-state index is 13.0. The Hall–Kier alpha value is -1.01. The predicted molar refractivity (Wildman–Crippen MR) is 45.6 cm³/mol. The van der Waals surface area contributed by atoms with Crippen molar-refractivity contribution in [1.29, 1.82) is 0 Å². The van der Waals surface area contributed by atoms with Crippen molar-refractivity contribution in [2.75, 3.05) is 0 Å². The van der Waals surface area contributed by atoms with Crippen LogP contribution in [0.4, 0.5) is 8.78 Å². The van der Waals surface area contributed by atoms with Crippen molar-refractivity contribution in [1.82, 2.24) is 0 Å². The lowest BCUT2D eigenvalue weighted by Crippen LogP contribution is -2.06. The molecule has 14 heavy (non-hydrogen) atoms. The molecule has 0 aliphatic rings. The molecule has 1 aromatic carbocycles. The number of aryl methyl sites for hydroxylation is 1. The Morgan fingerprint density at radius 1 is 1.29 bits per heavy atom. The highest BCUT2D eigenvalue weighted by Crippen LogP contribution is 2.20. The first kappa shape index (κ1) is 11.1. The predicted octanol–water partition coefficient (Wildman–Crippen LogP) is 1.77. The molecule has 0 saturated carbocycles. The van der Waals surface area contributed by atoms with E-state index in [0.717, 1.165) is 12.1 Å². The van der Waals surface area contributed by atoms with Crippen LogP contribution in [0.2, 0.25) is 0 Å². The van der Waals surface area contributed by atoms with E-state index in [4.69, 9.17) is 4.55 Å². The van der Waals surface area contributed by atoms with Gasteiger partial charge in [-0.3, -0.25) is 4.55 Å². The van der Waals surface area contributed by atoms with Crippen molar-refractivity contribution in [3.8, 4) is 0 Å². The third kappa shape index (κ3) is 2.08. The van der Waals surface area contributed by atoms with E-state index >= 15 is 0 Å². The Morgan fingerprint density at radius 2 is 1.71 bits per heavy atom. The van der Waals surface area contributed by atoms with Crippen molar-refractivity contribution in [3.05, 3.63) is 29.3 Å². The van der Waals surface area contributed by atoms with Crippen LogP contribution in [0.25, 0.3) is 0 Å². The molecule has 0 aromatic heterocycles. The van der Waals surface area contributed by atoms with E-state index in [0.29, 0.717) is 12.0 Å². The second-order valence-corrected chi connectivity index (χ2v) is 4.08. The number of hydrogen-bond donors (Lipinski definition) is 1. The molecule has 0 heterocycles. The molecular formula is C8H8F2O3S. The number of rotatable bonds is 2. The van der Waals surface area contributed by atoms with Gasteiger partial charge in [0.15, 0.2) is 4.90 Å². The number of hydrogen-bond acceptors (Lipinski definition) is 2. The van der Waals surface area contributed by atoms with E-state index < -0.39 is 26.6 Å².